The maximum absolute atomic E-state index is 12.6. The summed E-state index contributed by atoms with van der Waals surface area (Å²) in [6, 6.07) is 0. The second kappa shape index (κ2) is 3.00. The molecule has 0 N–H and O–H groups in total. The molecule has 0 saturated heterocycles. The van der Waals surface area contributed by atoms with Gasteiger partial charge in [0.25, 0.3) is 0 Å². The van der Waals surface area contributed by atoms with Crippen molar-refractivity contribution in [2.24, 2.45) is 0 Å². The van der Waals surface area contributed by atoms with E-state index >= 15 is 0 Å². The summed E-state index contributed by atoms with van der Waals surface area (Å²) in [6.07, 6.45) is 1.12. The SMILES string of the molecule is Cc1c(Cl)ncc(F)c1I. The number of pyridine rings is 1. The van der Waals surface area contributed by atoms with Crippen LogP contribution in [0, 0.1) is 16.3 Å². The van der Waals surface area contributed by atoms with Gasteiger partial charge in [-0.15, -0.1) is 0 Å². The van der Waals surface area contributed by atoms with E-state index in [1.807, 2.05) is 22.6 Å². The minimum absolute atomic E-state index is 0.317. The molecule has 0 amide bonds. The van der Waals surface area contributed by atoms with E-state index in [2.05, 4.69) is 4.98 Å². The Morgan fingerprint density at radius 3 is 2.80 bits per heavy atom. The van der Waals surface area contributed by atoms with Crippen molar-refractivity contribution in [1.82, 2.24) is 4.98 Å². The second-order valence-corrected chi connectivity index (χ2v) is 3.27. The van der Waals surface area contributed by atoms with Crippen LogP contribution in [-0.4, -0.2) is 4.98 Å². The minimum atomic E-state index is -0.317. The lowest BCUT2D eigenvalue weighted by atomic mass is 10.3. The molecule has 1 heterocycles. The largest absolute Gasteiger partial charge is 0.241 e. The summed E-state index contributed by atoms with van der Waals surface area (Å²) in [4.78, 5) is 3.62. The molecule has 1 aromatic rings. The van der Waals surface area contributed by atoms with E-state index in [1.54, 1.807) is 6.92 Å². The van der Waals surface area contributed by atoms with Gasteiger partial charge in [-0.1, -0.05) is 11.6 Å². The average Bonchev–Trinajstić information content (AvgIpc) is 1.93. The van der Waals surface area contributed by atoms with Crippen LogP contribution in [-0.2, 0) is 0 Å². The molecule has 0 fully saturated rings. The summed E-state index contributed by atoms with van der Waals surface area (Å²) in [5, 5.41) is 0.366. The van der Waals surface area contributed by atoms with Crippen LogP contribution in [0.4, 0.5) is 4.39 Å². The highest BCUT2D eigenvalue weighted by molar-refractivity contribution is 14.1. The van der Waals surface area contributed by atoms with Crippen molar-refractivity contribution >= 4 is 34.2 Å². The molecule has 10 heavy (non-hydrogen) atoms. The first-order chi connectivity index (χ1) is 4.63. The predicted octanol–water partition coefficient (Wildman–Crippen LogP) is 2.79. The number of nitrogens with zero attached hydrogens (tertiary/aromatic N) is 1. The Hall–Kier alpha value is 0.100. The topological polar surface area (TPSA) is 12.9 Å². The third-order valence-electron chi connectivity index (χ3n) is 1.14. The van der Waals surface area contributed by atoms with E-state index < -0.39 is 0 Å². The minimum Gasteiger partial charge on any atom is -0.241 e. The molecule has 0 bridgehead atoms. The molecule has 0 aliphatic carbocycles. The van der Waals surface area contributed by atoms with Crippen molar-refractivity contribution in [1.29, 1.82) is 0 Å². The molecule has 0 aliphatic rings. The fraction of sp³-hybridized carbons (Fsp3) is 0.167. The van der Waals surface area contributed by atoms with Crippen LogP contribution in [0.15, 0.2) is 6.20 Å². The average molecular weight is 271 g/mol. The fourth-order valence-corrected chi connectivity index (χ4v) is 1.23. The van der Waals surface area contributed by atoms with Gasteiger partial charge < -0.3 is 0 Å². The summed E-state index contributed by atoms with van der Waals surface area (Å²) < 4.78 is 13.2. The zero-order valence-corrected chi connectivity index (χ0v) is 8.07. The summed E-state index contributed by atoms with van der Waals surface area (Å²) >= 11 is 7.50. The number of halogens is 3. The number of aromatic nitrogens is 1. The molecular formula is C6H4ClFIN. The Morgan fingerprint density at radius 1 is 1.70 bits per heavy atom. The van der Waals surface area contributed by atoms with Crippen LogP contribution in [0.5, 0.6) is 0 Å². The molecule has 1 rings (SSSR count). The van der Waals surface area contributed by atoms with Crippen LogP contribution >= 0.6 is 34.2 Å². The van der Waals surface area contributed by atoms with Gasteiger partial charge in [-0.25, -0.2) is 9.37 Å². The van der Waals surface area contributed by atoms with Gasteiger partial charge in [0.2, 0.25) is 0 Å². The molecule has 0 unspecified atom stereocenters. The maximum atomic E-state index is 12.6. The van der Waals surface area contributed by atoms with Crippen molar-refractivity contribution < 1.29 is 4.39 Å². The number of rotatable bonds is 0. The van der Waals surface area contributed by atoms with Crippen LogP contribution in [0.2, 0.25) is 5.15 Å². The lowest BCUT2D eigenvalue weighted by Crippen LogP contribution is -1.90. The highest BCUT2D eigenvalue weighted by atomic mass is 127. The number of hydrogen-bond acceptors (Lipinski definition) is 1. The Balaban J connectivity index is 3.34. The highest BCUT2D eigenvalue weighted by Crippen LogP contribution is 2.20. The normalized spacial score (nSPS) is 10.0. The molecule has 0 spiro atoms. The van der Waals surface area contributed by atoms with E-state index in [1.165, 1.54) is 0 Å². The molecule has 0 aromatic carbocycles. The summed E-state index contributed by atoms with van der Waals surface area (Å²) in [7, 11) is 0. The summed E-state index contributed by atoms with van der Waals surface area (Å²) in [5.41, 5.74) is 0.697. The Kier molecular flexibility index (Phi) is 2.46. The van der Waals surface area contributed by atoms with Crippen LogP contribution in [0.25, 0.3) is 0 Å². The Bertz CT molecular complexity index is 237. The maximum Gasteiger partial charge on any atom is 0.155 e. The zero-order valence-electron chi connectivity index (χ0n) is 5.16. The lowest BCUT2D eigenvalue weighted by Gasteiger charge is -1.99. The van der Waals surface area contributed by atoms with Crippen molar-refractivity contribution in [2.45, 2.75) is 6.92 Å². The molecule has 1 nitrogen and oxygen atoms in total. The molecular weight excluding hydrogens is 267 g/mol. The molecule has 0 radical (unpaired) electrons. The van der Waals surface area contributed by atoms with Crippen LogP contribution in [0.1, 0.15) is 5.56 Å². The molecule has 4 heteroatoms. The van der Waals surface area contributed by atoms with Crippen molar-refractivity contribution in [3.63, 3.8) is 0 Å². The lowest BCUT2D eigenvalue weighted by molar-refractivity contribution is 0.612. The van der Waals surface area contributed by atoms with Gasteiger partial charge >= 0.3 is 0 Å². The van der Waals surface area contributed by atoms with Crippen molar-refractivity contribution in [3.05, 3.63) is 26.3 Å². The first kappa shape index (κ1) is 8.20. The first-order valence-corrected chi connectivity index (χ1v) is 4.04. The monoisotopic (exact) mass is 271 g/mol. The summed E-state index contributed by atoms with van der Waals surface area (Å²) in [6.45, 7) is 1.74. The predicted molar refractivity (Wildman–Crippen MR) is 46.7 cm³/mol. The van der Waals surface area contributed by atoms with Gasteiger partial charge in [0.05, 0.1) is 9.77 Å². The molecule has 0 atom stereocenters. The Morgan fingerprint density at radius 2 is 2.30 bits per heavy atom. The van der Waals surface area contributed by atoms with Gasteiger partial charge in [-0.2, -0.15) is 0 Å². The van der Waals surface area contributed by atoms with E-state index in [0.717, 1.165) is 6.20 Å². The standard InChI is InChI=1S/C6H4ClFIN/c1-3-5(9)4(8)2-10-6(3)7/h2H,1H3. The molecule has 54 valence electrons. The zero-order chi connectivity index (χ0) is 7.72. The van der Waals surface area contributed by atoms with Gasteiger partial charge in [-0.05, 0) is 29.5 Å². The first-order valence-electron chi connectivity index (χ1n) is 2.59. The van der Waals surface area contributed by atoms with E-state index in [9.17, 15) is 4.39 Å². The highest BCUT2D eigenvalue weighted by Gasteiger charge is 2.05. The third-order valence-corrected chi connectivity index (χ3v) is 2.84. The van der Waals surface area contributed by atoms with Gasteiger partial charge in [0, 0.05) is 5.56 Å². The van der Waals surface area contributed by atoms with E-state index in [-0.39, 0.29) is 5.82 Å². The molecule has 1 aromatic heterocycles. The molecule has 0 aliphatic heterocycles. The fourth-order valence-electron chi connectivity index (χ4n) is 0.537. The number of hydrogen-bond donors (Lipinski definition) is 0. The van der Waals surface area contributed by atoms with Gasteiger partial charge in [0.1, 0.15) is 5.15 Å². The smallest absolute Gasteiger partial charge is 0.155 e. The third kappa shape index (κ3) is 1.40. The quantitative estimate of drug-likeness (QED) is 0.522. The van der Waals surface area contributed by atoms with E-state index in [0.29, 0.717) is 14.3 Å². The Labute approximate surface area is 76.7 Å². The van der Waals surface area contributed by atoms with Crippen LogP contribution in [0.3, 0.4) is 0 Å². The summed E-state index contributed by atoms with van der Waals surface area (Å²) in [5.74, 6) is -0.317. The van der Waals surface area contributed by atoms with Crippen LogP contribution < -0.4 is 0 Å². The van der Waals surface area contributed by atoms with E-state index in [4.69, 9.17) is 11.6 Å². The molecule has 0 saturated carbocycles. The second-order valence-electron chi connectivity index (χ2n) is 1.84. The van der Waals surface area contributed by atoms with Gasteiger partial charge in [-0.3, -0.25) is 0 Å². The van der Waals surface area contributed by atoms with Crippen molar-refractivity contribution in [3.8, 4) is 0 Å². The van der Waals surface area contributed by atoms with Gasteiger partial charge in [0.15, 0.2) is 5.82 Å². The van der Waals surface area contributed by atoms with Crippen molar-refractivity contribution in [2.75, 3.05) is 0 Å².